The SMILES string of the molecule is CCc1noc(C)c1NC(=O)N[C@@H]1CCCOc2cc(F)ccc21. The molecule has 0 aliphatic carbocycles. The first-order chi connectivity index (χ1) is 11.6. The topological polar surface area (TPSA) is 76.4 Å². The molecule has 2 heterocycles. The Kier molecular flexibility index (Phi) is 4.69. The summed E-state index contributed by atoms with van der Waals surface area (Å²) in [6.07, 6.45) is 2.15. The Labute approximate surface area is 139 Å². The minimum atomic E-state index is -0.355. The molecule has 2 amide bonds. The summed E-state index contributed by atoms with van der Waals surface area (Å²) >= 11 is 0. The van der Waals surface area contributed by atoms with E-state index in [0.29, 0.717) is 35.9 Å². The highest BCUT2D eigenvalue weighted by Crippen LogP contribution is 2.32. The lowest BCUT2D eigenvalue weighted by atomic mass is 10.0. The van der Waals surface area contributed by atoms with Crippen molar-refractivity contribution >= 4 is 11.7 Å². The Balaban J connectivity index is 1.76. The predicted octanol–water partition coefficient (Wildman–Crippen LogP) is 3.72. The van der Waals surface area contributed by atoms with Gasteiger partial charge < -0.3 is 19.9 Å². The maximum Gasteiger partial charge on any atom is 0.319 e. The van der Waals surface area contributed by atoms with E-state index in [1.54, 1.807) is 13.0 Å². The Hall–Kier alpha value is -2.57. The van der Waals surface area contributed by atoms with Crippen LogP contribution in [-0.2, 0) is 6.42 Å². The maximum absolute atomic E-state index is 13.4. The van der Waals surface area contributed by atoms with Gasteiger partial charge in [-0.3, -0.25) is 0 Å². The van der Waals surface area contributed by atoms with E-state index >= 15 is 0 Å². The Morgan fingerprint density at radius 3 is 3.08 bits per heavy atom. The average molecular weight is 333 g/mol. The van der Waals surface area contributed by atoms with Crippen LogP contribution in [-0.4, -0.2) is 17.8 Å². The first-order valence-electron chi connectivity index (χ1n) is 8.03. The fourth-order valence-corrected chi connectivity index (χ4v) is 2.82. The summed E-state index contributed by atoms with van der Waals surface area (Å²) < 4.78 is 24.1. The second kappa shape index (κ2) is 6.90. The molecule has 0 fully saturated rings. The minimum absolute atomic E-state index is 0.242. The number of aromatic nitrogens is 1. The second-order valence-electron chi connectivity index (χ2n) is 5.74. The van der Waals surface area contributed by atoms with Gasteiger partial charge >= 0.3 is 6.03 Å². The molecule has 2 aromatic rings. The van der Waals surface area contributed by atoms with Gasteiger partial charge in [-0.15, -0.1) is 0 Å². The standard InChI is InChI=1S/C17H20FN3O3/c1-3-13-16(10(2)24-21-13)20-17(22)19-14-5-4-8-23-15-9-11(18)6-7-12(14)15/h6-7,9,14H,3-5,8H2,1-2H3,(H2,19,20,22)/t14-/m1/s1. The lowest BCUT2D eigenvalue weighted by Crippen LogP contribution is -2.32. The normalized spacial score (nSPS) is 16.7. The Morgan fingerprint density at radius 2 is 2.29 bits per heavy atom. The van der Waals surface area contributed by atoms with Crippen LogP contribution in [0, 0.1) is 12.7 Å². The van der Waals surface area contributed by atoms with E-state index in [1.165, 1.54) is 12.1 Å². The fourth-order valence-electron chi connectivity index (χ4n) is 2.82. The van der Waals surface area contributed by atoms with Crippen molar-refractivity contribution in [2.75, 3.05) is 11.9 Å². The van der Waals surface area contributed by atoms with E-state index in [2.05, 4.69) is 15.8 Å². The molecule has 7 heteroatoms. The van der Waals surface area contributed by atoms with Gasteiger partial charge in [0, 0.05) is 11.6 Å². The number of rotatable bonds is 3. The van der Waals surface area contributed by atoms with E-state index in [-0.39, 0.29) is 17.9 Å². The summed E-state index contributed by atoms with van der Waals surface area (Å²) in [6, 6.07) is 3.79. The van der Waals surface area contributed by atoms with Crippen molar-refractivity contribution in [3.63, 3.8) is 0 Å². The number of hydrogen-bond donors (Lipinski definition) is 2. The summed E-state index contributed by atoms with van der Waals surface area (Å²) in [7, 11) is 0. The van der Waals surface area contributed by atoms with Gasteiger partial charge in [-0.2, -0.15) is 0 Å². The van der Waals surface area contributed by atoms with Crippen molar-refractivity contribution in [2.24, 2.45) is 0 Å². The van der Waals surface area contributed by atoms with Gasteiger partial charge in [0.05, 0.1) is 12.6 Å². The second-order valence-corrected chi connectivity index (χ2v) is 5.74. The number of ether oxygens (including phenoxy) is 1. The van der Waals surface area contributed by atoms with Gasteiger partial charge in [0.15, 0.2) is 5.76 Å². The molecular weight excluding hydrogens is 313 g/mol. The number of carbonyl (C=O) groups is 1. The zero-order valence-corrected chi connectivity index (χ0v) is 13.7. The van der Waals surface area contributed by atoms with Gasteiger partial charge in [-0.25, -0.2) is 9.18 Å². The first-order valence-corrected chi connectivity index (χ1v) is 8.03. The lowest BCUT2D eigenvalue weighted by Gasteiger charge is -2.18. The molecule has 0 unspecified atom stereocenters. The third kappa shape index (κ3) is 3.34. The zero-order valence-electron chi connectivity index (χ0n) is 13.7. The van der Waals surface area contributed by atoms with Gasteiger partial charge in [0.1, 0.15) is 22.9 Å². The number of hydrogen-bond acceptors (Lipinski definition) is 4. The lowest BCUT2D eigenvalue weighted by molar-refractivity contribution is 0.247. The molecule has 1 aromatic heterocycles. The highest BCUT2D eigenvalue weighted by molar-refractivity contribution is 5.90. The molecule has 0 spiro atoms. The van der Waals surface area contributed by atoms with E-state index in [0.717, 1.165) is 18.4 Å². The molecule has 1 aliphatic rings. The summed E-state index contributed by atoms with van der Waals surface area (Å²) in [6.45, 7) is 4.19. The number of aryl methyl sites for hydroxylation is 2. The van der Waals surface area contributed by atoms with Gasteiger partial charge in [-0.1, -0.05) is 18.1 Å². The molecule has 0 saturated heterocycles. The Morgan fingerprint density at radius 1 is 1.46 bits per heavy atom. The van der Waals surface area contributed by atoms with Crippen LogP contribution in [0.4, 0.5) is 14.9 Å². The van der Waals surface area contributed by atoms with Crippen molar-refractivity contribution in [1.82, 2.24) is 10.5 Å². The van der Waals surface area contributed by atoms with Crippen LogP contribution in [0.3, 0.4) is 0 Å². The molecule has 0 saturated carbocycles. The molecule has 1 atom stereocenters. The Bertz CT molecular complexity index is 745. The summed E-state index contributed by atoms with van der Waals surface area (Å²) in [5.41, 5.74) is 2.08. The van der Waals surface area contributed by atoms with Gasteiger partial charge in [0.2, 0.25) is 0 Å². The average Bonchev–Trinajstić information content (AvgIpc) is 2.78. The highest BCUT2D eigenvalue weighted by atomic mass is 19.1. The molecular formula is C17H20FN3O3. The van der Waals surface area contributed by atoms with Crippen LogP contribution >= 0.6 is 0 Å². The number of halogens is 1. The van der Waals surface area contributed by atoms with Crippen LogP contribution in [0.1, 0.15) is 42.8 Å². The first kappa shape index (κ1) is 16.3. The zero-order chi connectivity index (χ0) is 17.1. The van der Waals surface area contributed by atoms with Crippen LogP contribution in [0.25, 0.3) is 0 Å². The molecule has 1 aromatic carbocycles. The summed E-state index contributed by atoms with van der Waals surface area (Å²) in [4.78, 5) is 12.4. The summed E-state index contributed by atoms with van der Waals surface area (Å²) in [5, 5.41) is 9.64. The molecule has 24 heavy (non-hydrogen) atoms. The van der Waals surface area contributed by atoms with Gasteiger partial charge in [0.25, 0.3) is 0 Å². The number of urea groups is 1. The highest BCUT2D eigenvalue weighted by Gasteiger charge is 2.23. The van der Waals surface area contributed by atoms with Crippen molar-refractivity contribution in [3.8, 4) is 5.75 Å². The van der Waals surface area contributed by atoms with Crippen molar-refractivity contribution in [1.29, 1.82) is 0 Å². The van der Waals surface area contributed by atoms with Crippen LogP contribution in [0.5, 0.6) is 5.75 Å². The monoisotopic (exact) mass is 333 g/mol. The number of amides is 2. The van der Waals surface area contributed by atoms with Crippen molar-refractivity contribution < 1.29 is 18.4 Å². The largest absolute Gasteiger partial charge is 0.493 e. The third-order valence-corrected chi connectivity index (χ3v) is 4.06. The van der Waals surface area contributed by atoms with Crippen molar-refractivity contribution in [2.45, 2.75) is 39.2 Å². The number of nitrogens with one attached hydrogen (secondary N) is 2. The number of fused-ring (bicyclic) bond motifs is 1. The molecule has 128 valence electrons. The van der Waals surface area contributed by atoms with Crippen LogP contribution in [0.2, 0.25) is 0 Å². The molecule has 0 bridgehead atoms. The molecule has 2 N–H and O–H groups in total. The van der Waals surface area contributed by atoms with E-state index in [4.69, 9.17) is 9.26 Å². The van der Waals surface area contributed by atoms with Gasteiger partial charge in [-0.05, 0) is 32.3 Å². The molecule has 0 radical (unpaired) electrons. The van der Waals surface area contributed by atoms with E-state index in [9.17, 15) is 9.18 Å². The van der Waals surface area contributed by atoms with E-state index in [1.807, 2.05) is 6.92 Å². The molecule has 6 nitrogen and oxygen atoms in total. The minimum Gasteiger partial charge on any atom is -0.493 e. The van der Waals surface area contributed by atoms with Crippen molar-refractivity contribution in [3.05, 3.63) is 41.0 Å². The fraction of sp³-hybridized carbons (Fsp3) is 0.412. The maximum atomic E-state index is 13.4. The predicted molar refractivity (Wildman–Crippen MR) is 86.6 cm³/mol. The quantitative estimate of drug-likeness (QED) is 0.897. The summed E-state index contributed by atoms with van der Waals surface area (Å²) in [5.74, 6) is 0.688. The smallest absolute Gasteiger partial charge is 0.319 e. The number of nitrogens with zero attached hydrogens (tertiary/aromatic N) is 1. The number of carbonyl (C=O) groups excluding carboxylic acids is 1. The van der Waals surface area contributed by atoms with Crippen LogP contribution < -0.4 is 15.4 Å². The molecule has 1 aliphatic heterocycles. The van der Waals surface area contributed by atoms with E-state index < -0.39 is 0 Å². The third-order valence-electron chi connectivity index (χ3n) is 4.06. The number of benzene rings is 1. The van der Waals surface area contributed by atoms with Crippen LogP contribution in [0.15, 0.2) is 22.7 Å². The molecule has 3 rings (SSSR count). The number of anilines is 1.